The van der Waals surface area contributed by atoms with Gasteiger partial charge in [-0.1, -0.05) is 19.3 Å². The van der Waals surface area contributed by atoms with Crippen LogP contribution in [0.5, 0.6) is 0 Å². The first-order valence-corrected chi connectivity index (χ1v) is 8.31. The van der Waals surface area contributed by atoms with Gasteiger partial charge in [-0.05, 0) is 39.7 Å². The van der Waals surface area contributed by atoms with E-state index in [2.05, 4.69) is 0 Å². The Morgan fingerprint density at radius 3 is 2.38 bits per heavy atom. The fourth-order valence-corrected chi connectivity index (χ4v) is 3.85. The van der Waals surface area contributed by atoms with Gasteiger partial charge in [0.25, 0.3) is 0 Å². The predicted octanol–water partition coefficient (Wildman–Crippen LogP) is 1.96. The van der Waals surface area contributed by atoms with Gasteiger partial charge in [-0.2, -0.15) is 0 Å². The smallest absolute Gasteiger partial charge is 0.308 e. The van der Waals surface area contributed by atoms with Crippen molar-refractivity contribution in [2.75, 3.05) is 19.6 Å². The molecule has 0 aromatic rings. The Bertz CT molecular complexity index is 380. The van der Waals surface area contributed by atoms with E-state index >= 15 is 0 Å². The number of carbonyl (C=O) groups excluding carboxylic acids is 1. The summed E-state index contributed by atoms with van der Waals surface area (Å²) in [5.41, 5.74) is 0. The second-order valence-electron chi connectivity index (χ2n) is 6.42. The molecule has 1 aliphatic carbocycles. The molecule has 5 nitrogen and oxygen atoms in total. The van der Waals surface area contributed by atoms with Crippen molar-refractivity contribution >= 4 is 11.9 Å². The molecule has 1 heterocycles. The normalized spacial score (nSPS) is 27.7. The van der Waals surface area contributed by atoms with Gasteiger partial charge in [0, 0.05) is 18.6 Å². The molecule has 2 atom stereocenters. The molecule has 0 bridgehead atoms. The largest absolute Gasteiger partial charge is 0.481 e. The van der Waals surface area contributed by atoms with E-state index in [9.17, 15) is 14.7 Å². The number of hydrogen-bond acceptors (Lipinski definition) is 3. The van der Waals surface area contributed by atoms with Crippen LogP contribution in [0, 0.1) is 5.92 Å². The van der Waals surface area contributed by atoms with Crippen molar-refractivity contribution in [3.8, 4) is 0 Å². The number of rotatable bonds is 5. The molecular weight excluding hydrogens is 268 g/mol. The zero-order valence-corrected chi connectivity index (χ0v) is 13.3. The maximum absolute atomic E-state index is 12.6. The maximum atomic E-state index is 12.6. The van der Waals surface area contributed by atoms with Crippen molar-refractivity contribution in [2.45, 2.75) is 64.5 Å². The third kappa shape index (κ3) is 3.76. The van der Waals surface area contributed by atoms with Crippen molar-refractivity contribution < 1.29 is 14.7 Å². The van der Waals surface area contributed by atoms with Gasteiger partial charge in [0.15, 0.2) is 0 Å². The summed E-state index contributed by atoms with van der Waals surface area (Å²) < 4.78 is 0. The van der Waals surface area contributed by atoms with E-state index in [1.807, 2.05) is 23.6 Å². The molecule has 2 unspecified atom stereocenters. The van der Waals surface area contributed by atoms with Crippen molar-refractivity contribution in [2.24, 2.45) is 5.92 Å². The highest BCUT2D eigenvalue weighted by Gasteiger charge is 2.37. The Morgan fingerprint density at radius 1 is 1.19 bits per heavy atom. The minimum Gasteiger partial charge on any atom is -0.481 e. The van der Waals surface area contributed by atoms with Crippen LogP contribution in [-0.4, -0.2) is 58.5 Å². The zero-order valence-electron chi connectivity index (χ0n) is 13.3. The highest BCUT2D eigenvalue weighted by molar-refractivity contribution is 5.79. The van der Waals surface area contributed by atoms with Crippen LogP contribution >= 0.6 is 0 Å². The summed E-state index contributed by atoms with van der Waals surface area (Å²) in [5.74, 6) is -0.901. The van der Waals surface area contributed by atoms with Gasteiger partial charge in [0.05, 0.1) is 12.5 Å². The van der Waals surface area contributed by atoms with Crippen molar-refractivity contribution in [1.82, 2.24) is 9.80 Å². The Hall–Kier alpha value is -1.10. The molecular formula is C16H28N2O3. The van der Waals surface area contributed by atoms with E-state index in [-0.39, 0.29) is 17.9 Å². The molecule has 0 aromatic carbocycles. The Labute approximate surface area is 127 Å². The molecule has 0 spiro atoms. The van der Waals surface area contributed by atoms with E-state index < -0.39 is 5.97 Å². The number of nitrogens with zero attached hydrogens (tertiary/aromatic N) is 2. The summed E-state index contributed by atoms with van der Waals surface area (Å²) in [6.07, 6.45) is 6.61. The number of carboxylic acid groups (broad SMARTS) is 1. The quantitative estimate of drug-likeness (QED) is 0.842. The number of carbonyl (C=O) groups is 2. The van der Waals surface area contributed by atoms with Crippen LogP contribution in [0.4, 0.5) is 0 Å². The predicted molar refractivity (Wildman–Crippen MR) is 81.0 cm³/mol. The van der Waals surface area contributed by atoms with Gasteiger partial charge < -0.3 is 10.0 Å². The SMILES string of the molecule is CCN(C(=O)CN1CCC(C(=O)O)C1C)C1CCCCC1. The monoisotopic (exact) mass is 296 g/mol. The average Bonchev–Trinajstić information content (AvgIpc) is 2.82. The molecule has 0 aromatic heterocycles. The van der Waals surface area contributed by atoms with E-state index in [0.717, 1.165) is 19.4 Å². The summed E-state index contributed by atoms with van der Waals surface area (Å²) in [7, 11) is 0. The molecule has 1 saturated carbocycles. The second-order valence-corrected chi connectivity index (χ2v) is 6.42. The molecule has 0 radical (unpaired) electrons. The van der Waals surface area contributed by atoms with E-state index in [0.29, 0.717) is 25.6 Å². The highest BCUT2D eigenvalue weighted by atomic mass is 16.4. The molecule has 2 fully saturated rings. The first kappa shape index (κ1) is 16.3. The number of hydrogen-bond donors (Lipinski definition) is 1. The molecule has 1 amide bonds. The van der Waals surface area contributed by atoms with Crippen LogP contribution < -0.4 is 0 Å². The van der Waals surface area contributed by atoms with Gasteiger partial charge in [-0.25, -0.2) is 0 Å². The highest BCUT2D eigenvalue weighted by Crippen LogP contribution is 2.26. The van der Waals surface area contributed by atoms with Crippen LogP contribution in [0.15, 0.2) is 0 Å². The van der Waals surface area contributed by atoms with E-state index in [1.54, 1.807) is 0 Å². The maximum Gasteiger partial charge on any atom is 0.308 e. The molecule has 21 heavy (non-hydrogen) atoms. The second kappa shape index (κ2) is 7.25. The van der Waals surface area contributed by atoms with Crippen molar-refractivity contribution in [3.05, 3.63) is 0 Å². The fraction of sp³-hybridized carbons (Fsp3) is 0.875. The number of amides is 1. The fourth-order valence-electron chi connectivity index (χ4n) is 3.85. The van der Waals surface area contributed by atoms with Gasteiger partial charge in [0.2, 0.25) is 5.91 Å². The molecule has 2 rings (SSSR count). The van der Waals surface area contributed by atoms with Gasteiger partial charge in [-0.15, -0.1) is 0 Å². The average molecular weight is 296 g/mol. The van der Waals surface area contributed by atoms with Crippen LogP contribution in [0.1, 0.15) is 52.4 Å². The molecule has 5 heteroatoms. The topological polar surface area (TPSA) is 60.9 Å². The number of likely N-dealkylation sites (N-methyl/N-ethyl adjacent to an activating group) is 1. The zero-order chi connectivity index (χ0) is 15.4. The van der Waals surface area contributed by atoms with Gasteiger partial charge in [0.1, 0.15) is 0 Å². The lowest BCUT2D eigenvalue weighted by Gasteiger charge is -2.35. The first-order valence-electron chi connectivity index (χ1n) is 8.31. The van der Waals surface area contributed by atoms with Crippen LogP contribution in [0.3, 0.4) is 0 Å². The number of aliphatic carboxylic acids is 1. The van der Waals surface area contributed by atoms with Gasteiger partial charge in [-0.3, -0.25) is 14.5 Å². The molecule has 120 valence electrons. The third-order valence-corrected chi connectivity index (χ3v) is 5.22. The lowest BCUT2D eigenvalue weighted by molar-refractivity contribution is -0.143. The lowest BCUT2D eigenvalue weighted by atomic mass is 9.94. The Morgan fingerprint density at radius 2 is 1.86 bits per heavy atom. The summed E-state index contributed by atoms with van der Waals surface area (Å²) in [6.45, 7) is 5.81. The van der Waals surface area contributed by atoms with Crippen molar-refractivity contribution in [3.63, 3.8) is 0 Å². The van der Waals surface area contributed by atoms with Crippen LogP contribution in [0.25, 0.3) is 0 Å². The number of carboxylic acids is 1. The van der Waals surface area contributed by atoms with Gasteiger partial charge >= 0.3 is 5.97 Å². The molecule has 1 saturated heterocycles. The van der Waals surface area contributed by atoms with Crippen LogP contribution in [0.2, 0.25) is 0 Å². The first-order chi connectivity index (χ1) is 10.0. The Balaban J connectivity index is 1.92. The third-order valence-electron chi connectivity index (χ3n) is 5.22. The van der Waals surface area contributed by atoms with E-state index in [1.165, 1.54) is 19.3 Å². The minimum atomic E-state index is -0.739. The van der Waals surface area contributed by atoms with Crippen LogP contribution in [-0.2, 0) is 9.59 Å². The summed E-state index contributed by atoms with van der Waals surface area (Å²) >= 11 is 0. The molecule has 2 aliphatic rings. The standard InChI is InChI=1S/C16H28N2O3/c1-3-18(13-7-5-4-6-8-13)15(19)11-17-10-9-14(12(17)2)16(20)21/h12-14H,3-11H2,1-2H3,(H,20,21). The summed E-state index contributed by atoms with van der Waals surface area (Å²) in [4.78, 5) is 27.8. The lowest BCUT2D eigenvalue weighted by Crippen LogP contribution is -2.47. The van der Waals surface area contributed by atoms with E-state index in [4.69, 9.17) is 0 Å². The molecule has 1 N–H and O–H groups in total. The summed E-state index contributed by atoms with van der Waals surface area (Å²) in [6, 6.07) is 0.348. The summed E-state index contributed by atoms with van der Waals surface area (Å²) in [5, 5.41) is 9.17. The Kier molecular flexibility index (Phi) is 5.62. The number of likely N-dealkylation sites (tertiary alicyclic amines) is 1. The minimum absolute atomic E-state index is 0.0449. The molecule has 1 aliphatic heterocycles. The van der Waals surface area contributed by atoms with Crippen molar-refractivity contribution in [1.29, 1.82) is 0 Å².